The van der Waals surface area contributed by atoms with Gasteiger partial charge in [0, 0.05) is 50.4 Å². The largest absolute Gasteiger partial charge is 0.508 e. The minimum Gasteiger partial charge on any atom is -0.508 e. The smallest absolute Gasteiger partial charge is 0.245 e. The van der Waals surface area contributed by atoms with E-state index < -0.39 is 175 Å². The molecule has 2 heterocycles. The second-order valence-corrected chi connectivity index (χ2v) is 27.8. The normalized spacial score (nSPS) is 22.6. The molecule has 0 radical (unpaired) electrons. The summed E-state index contributed by atoms with van der Waals surface area (Å²) in [6.07, 6.45) is -1.92. The van der Waals surface area contributed by atoms with Gasteiger partial charge in [0.25, 0.3) is 0 Å². The Morgan fingerprint density at radius 2 is 1.22 bits per heavy atom. The molecule has 2 saturated heterocycles. The molecular formula is C64H99N19O17S2. The maximum Gasteiger partial charge on any atom is 0.245 e. The van der Waals surface area contributed by atoms with E-state index in [-0.39, 0.29) is 119 Å². The fourth-order valence-corrected chi connectivity index (χ4v) is 12.8. The van der Waals surface area contributed by atoms with Gasteiger partial charge in [-0.2, -0.15) is 0 Å². The number of nitrogens with one attached hydrogen (secondary N) is 11. The number of fused-ring (bicyclic) bond motifs is 1. The number of aromatic hydroxyl groups is 1. The molecule has 0 spiro atoms. The van der Waals surface area contributed by atoms with Crippen molar-refractivity contribution in [2.45, 2.75) is 171 Å². The lowest BCUT2D eigenvalue weighted by Crippen LogP contribution is -2.62. The Hall–Kier alpha value is -9.53. The molecule has 2 aromatic carbocycles. The summed E-state index contributed by atoms with van der Waals surface area (Å²) in [6, 6.07) is -2.75. The summed E-state index contributed by atoms with van der Waals surface area (Å²) in [7, 11) is 2.06. The second-order valence-electron chi connectivity index (χ2n) is 25.2. The molecule has 13 amide bonds. The Kier molecular flexibility index (Phi) is 36.0. The maximum atomic E-state index is 14.8. The number of guanidine groups is 2. The van der Waals surface area contributed by atoms with Crippen molar-refractivity contribution in [3.8, 4) is 5.75 Å². The number of hydrogen-bond acceptors (Lipinski definition) is 21. The number of aliphatic hydroxyl groups is 3. The van der Waals surface area contributed by atoms with Crippen LogP contribution in [0.15, 0.2) is 64.6 Å². The van der Waals surface area contributed by atoms with Crippen LogP contribution in [0.5, 0.6) is 5.75 Å². The number of phenols is 1. The highest BCUT2D eigenvalue weighted by molar-refractivity contribution is 8.76. The molecule has 0 unspecified atom stereocenters. The highest BCUT2D eigenvalue weighted by Crippen LogP contribution is 2.25. The number of aliphatic imine (C=N–C) groups is 2. The van der Waals surface area contributed by atoms with Crippen LogP contribution >= 0.6 is 21.6 Å². The zero-order valence-corrected chi connectivity index (χ0v) is 59.3. The summed E-state index contributed by atoms with van der Waals surface area (Å²) >= 11 is 0. The molecule has 12 atom stereocenters. The Morgan fingerprint density at radius 3 is 1.80 bits per heavy atom. The molecule has 102 heavy (non-hydrogen) atoms. The van der Waals surface area contributed by atoms with Crippen LogP contribution in [0.3, 0.4) is 0 Å². The molecule has 2 aliphatic rings. The maximum absolute atomic E-state index is 14.8. The Labute approximate surface area is 598 Å². The van der Waals surface area contributed by atoms with Crippen LogP contribution in [0.2, 0.25) is 0 Å². The van der Waals surface area contributed by atoms with Crippen molar-refractivity contribution in [2.24, 2.45) is 50.5 Å². The number of benzene rings is 2. The van der Waals surface area contributed by atoms with Gasteiger partial charge in [0.05, 0.1) is 25.9 Å². The summed E-state index contributed by atoms with van der Waals surface area (Å²) in [6.45, 7) is 5.04. The third kappa shape index (κ3) is 29.2. The van der Waals surface area contributed by atoms with Crippen LogP contribution < -0.4 is 87.2 Å². The Morgan fingerprint density at radius 1 is 0.627 bits per heavy atom. The zero-order chi connectivity index (χ0) is 75.8. The number of aliphatic hydroxyl groups excluding tert-OH is 3. The average Bonchev–Trinajstić information content (AvgIpc) is 1.60. The van der Waals surface area contributed by atoms with E-state index in [1.54, 1.807) is 58.0 Å². The van der Waals surface area contributed by atoms with Gasteiger partial charge in [0.2, 0.25) is 76.8 Å². The number of hydrogen-bond donors (Lipinski definition) is 20. The zero-order valence-electron chi connectivity index (χ0n) is 57.6. The van der Waals surface area contributed by atoms with Crippen LogP contribution in [0.1, 0.15) is 97.1 Å². The van der Waals surface area contributed by atoms with Crippen molar-refractivity contribution in [3.63, 3.8) is 0 Å². The first-order valence-electron chi connectivity index (χ1n) is 33.3. The van der Waals surface area contributed by atoms with E-state index in [2.05, 4.69) is 68.5 Å². The fourth-order valence-electron chi connectivity index (χ4n) is 10.6. The van der Waals surface area contributed by atoms with E-state index in [0.29, 0.717) is 11.1 Å². The highest BCUT2D eigenvalue weighted by Gasteiger charge is 2.41. The van der Waals surface area contributed by atoms with Gasteiger partial charge >= 0.3 is 0 Å². The second kappa shape index (κ2) is 43.3. The van der Waals surface area contributed by atoms with Crippen molar-refractivity contribution in [1.29, 1.82) is 0 Å². The van der Waals surface area contributed by atoms with Gasteiger partial charge in [-0.05, 0) is 87.0 Å². The molecule has 2 aromatic rings. The molecule has 2 fully saturated rings. The van der Waals surface area contributed by atoms with Crippen molar-refractivity contribution in [2.75, 3.05) is 50.9 Å². The Bertz CT molecular complexity index is 3250. The third-order valence-corrected chi connectivity index (χ3v) is 18.4. The van der Waals surface area contributed by atoms with Crippen LogP contribution in [-0.4, -0.2) is 238 Å². The van der Waals surface area contributed by atoms with E-state index in [4.69, 9.17) is 28.7 Å². The van der Waals surface area contributed by atoms with Crippen LogP contribution in [0.25, 0.3) is 0 Å². The quantitative estimate of drug-likeness (QED) is 0.0190. The molecule has 36 nitrogen and oxygen atoms in total. The van der Waals surface area contributed by atoms with E-state index in [1.165, 1.54) is 36.1 Å². The lowest BCUT2D eigenvalue weighted by Gasteiger charge is -2.31. The minimum atomic E-state index is -1.76. The molecule has 0 aliphatic carbocycles. The van der Waals surface area contributed by atoms with E-state index in [9.17, 15) is 82.8 Å². The van der Waals surface area contributed by atoms with Gasteiger partial charge < -0.3 is 112 Å². The summed E-state index contributed by atoms with van der Waals surface area (Å²) in [5, 5.41) is 68.9. The number of carbonyl (C=O) groups is 13. The summed E-state index contributed by atoms with van der Waals surface area (Å²) in [4.78, 5) is 192. The van der Waals surface area contributed by atoms with Gasteiger partial charge in [0.1, 0.15) is 72.2 Å². The molecular weight excluding hydrogens is 1370 g/mol. The van der Waals surface area contributed by atoms with Crippen molar-refractivity contribution < 1.29 is 82.8 Å². The van der Waals surface area contributed by atoms with Gasteiger partial charge in [-0.15, -0.1) is 0 Å². The lowest BCUT2D eigenvalue weighted by atomic mass is 10.0. The molecule has 4 rings (SSSR count). The van der Waals surface area contributed by atoms with Crippen LogP contribution in [0, 0.1) is 11.8 Å². The SMILES string of the molecule is CC(C)C[C@@H]1NC(=O)CCSSC[C@@H](C(=O)N[C@@H](Cc2ccccc2)C(=O)N[C@@H](CO)C(=O)N[C@H](C(N)=O)[C@@H](C)O)NC(=O)[C@H](C(C)C)NC(=O)[C@@H]2CCCN2C(=O)[C@H](CCCN=C(N)N)NC(=O)CNC(=O)[C@H](CCCN=C(N)N)NC(=O)[C@H](Cc2ccc(O)cc2)NC(=O)[C@H](CO)NC1=O. The molecule has 0 bridgehead atoms. The molecule has 38 heteroatoms. The Balaban J connectivity index is 1.79. The third-order valence-electron chi connectivity index (χ3n) is 16.0. The van der Waals surface area contributed by atoms with E-state index in [0.717, 1.165) is 21.6 Å². The molecule has 564 valence electrons. The summed E-state index contributed by atoms with van der Waals surface area (Å²) in [5.41, 5.74) is 28.5. The molecule has 25 N–H and O–H groups in total. The standard InChI is InChI=1S/C64H99N19O17S2/c1-33(2)26-41-54(92)78-44(30-84)57(95)76-43(28-37-17-19-38(87)20-18-37)55(93)75-39(14-9-22-70-63(66)67)53(91)72-29-49(89)73-40(15-10-23-71-64(68)69)62(100)83-24-11-16-47(83)60(98)81-50(34(3)4)61(99)80-46(32-102-101-25-21-48(88)74-41)59(97)77-42(27-36-12-7-6-8-13-36)56(94)79-45(31-85)58(96)82-51(35(5)86)52(65)90/h6-8,12-13,17-20,33-35,39-47,50-51,84-87H,9-11,14-16,21-32H2,1-5H3,(H2,65,90)(H,72,91)(H,73,89)(H,74,88)(H,75,93)(H,76,95)(H,77,97)(H,78,92)(H,79,94)(H,80,99)(H,81,98)(H,82,96)(H4,66,67,70)(H4,68,69,71)/t35-,39+,40+,41+,42+,43+,44+,45+,46+,47+,50+,51+/m1/s1. The topological polar surface area (TPSA) is 593 Å². The minimum absolute atomic E-state index is 0.0000370. The van der Waals surface area contributed by atoms with E-state index >= 15 is 0 Å². The van der Waals surface area contributed by atoms with Gasteiger partial charge in [-0.3, -0.25) is 72.3 Å². The predicted octanol–water partition coefficient (Wildman–Crippen LogP) is -6.42. The highest BCUT2D eigenvalue weighted by atomic mass is 33.1. The first-order valence-corrected chi connectivity index (χ1v) is 35.8. The van der Waals surface area contributed by atoms with Crippen molar-refractivity contribution in [3.05, 3.63) is 65.7 Å². The molecule has 0 aromatic heterocycles. The van der Waals surface area contributed by atoms with Crippen molar-refractivity contribution in [1.82, 2.24) is 63.4 Å². The molecule has 0 saturated carbocycles. The number of primary amides is 1. The first kappa shape index (κ1) is 84.9. The van der Waals surface area contributed by atoms with Crippen LogP contribution in [0.4, 0.5) is 0 Å². The van der Waals surface area contributed by atoms with Gasteiger partial charge in [-0.25, -0.2) is 0 Å². The summed E-state index contributed by atoms with van der Waals surface area (Å²) in [5.74, 6) is -14.0. The van der Waals surface area contributed by atoms with Crippen molar-refractivity contribution >= 4 is 110 Å². The number of carbonyl (C=O) groups excluding carboxylic acids is 13. The monoisotopic (exact) mass is 1470 g/mol. The van der Waals surface area contributed by atoms with Gasteiger partial charge in [-0.1, -0.05) is 91.7 Å². The number of nitrogens with two attached hydrogens (primary N) is 5. The summed E-state index contributed by atoms with van der Waals surface area (Å²) < 4.78 is 0. The molecule has 2 aliphatic heterocycles. The average molecular weight is 1470 g/mol. The number of amides is 13. The number of rotatable bonds is 25. The van der Waals surface area contributed by atoms with Crippen LogP contribution in [-0.2, 0) is 75.2 Å². The van der Waals surface area contributed by atoms with Gasteiger partial charge in [0.15, 0.2) is 11.9 Å². The number of phenolic OH excluding ortho intramolecular Hbond substituents is 1. The predicted molar refractivity (Wildman–Crippen MR) is 378 cm³/mol. The first-order chi connectivity index (χ1) is 48.3. The fraction of sp³-hybridized carbons (Fsp3) is 0.578. The lowest BCUT2D eigenvalue weighted by molar-refractivity contribution is -0.142. The van der Waals surface area contributed by atoms with E-state index in [1.807, 2.05) is 0 Å². The number of nitrogens with zero attached hydrogens (tertiary/aromatic N) is 3.